The molecule has 2 aliphatic rings. The van der Waals surface area contributed by atoms with Crippen molar-refractivity contribution < 1.29 is 19.1 Å². The molecular weight excluding hydrogens is 825 g/mol. The van der Waals surface area contributed by atoms with Crippen molar-refractivity contribution in [1.82, 2.24) is 9.97 Å². The average Bonchev–Trinajstić information content (AvgIpc) is 3.77. The molecule has 0 N–H and O–H groups in total. The summed E-state index contributed by atoms with van der Waals surface area (Å²) in [5.74, 6) is -0.748. The van der Waals surface area contributed by atoms with Gasteiger partial charge in [0.25, 0.3) is 0 Å². The van der Waals surface area contributed by atoms with E-state index in [9.17, 15) is 9.59 Å². The van der Waals surface area contributed by atoms with Gasteiger partial charge in [-0.05, 0) is 112 Å². The number of esters is 2. The predicted molar refractivity (Wildman–Crippen MR) is 267 cm³/mol. The van der Waals surface area contributed by atoms with Gasteiger partial charge < -0.3 is 9.47 Å². The van der Waals surface area contributed by atoms with Crippen LogP contribution in [0.2, 0.25) is 0 Å². The van der Waals surface area contributed by atoms with Gasteiger partial charge in [-0.1, -0.05) is 159 Å². The van der Waals surface area contributed by atoms with Gasteiger partial charge in [0.2, 0.25) is 0 Å². The lowest BCUT2D eigenvalue weighted by Gasteiger charge is -2.44. The van der Waals surface area contributed by atoms with Crippen molar-refractivity contribution >= 4 is 55.3 Å². The number of hydrogen-bond acceptors (Lipinski definition) is 6. The average molecular weight is 871 g/mol. The van der Waals surface area contributed by atoms with Gasteiger partial charge in [0.05, 0.1) is 34.3 Å². The molecule has 4 atom stereocenters. The Morgan fingerprint density at radius 2 is 0.806 bits per heavy atom. The van der Waals surface area contributed by atoms with Crippen LogP contribution in [0.1, 0.15) is 55.4 Å². The number of pyridine rings is 2. The minimum absolute atomic E-state index is 0.310. The van der Waals surface area contributed by atoms with E-state index in [-0.39, 0.29) is 11.9 Å². The second kappa shape index (κ2) is 15.9. The zero-order valence-corrected chi connectivity index (χ0v) is 37.3. The van der Waals surface area contributed by atoms with Crippen LogP contribution in [-0.2, 0) is 20.4 Å². The van der Waals surface area contributed by atoms with Crippen LogP contribution in [0.3, 0.4) is 0 Å². The lowest BCUT2D eigenvalue weighted by Crippen LogP contribution is -2.42. The van der Waals surface area contributed by atoms with Gasteiger partial charge in [-0.25, -0.2) is 9.97 Å². The summed E-state index contributed by atoms with van der Waals surface area (Å²) in [6, 6.07) is 65.9. The molecule has 0 fully saturated rings. The maximum absolute atomic E-state index is 14.6. The Bertz CT molecular complexity index is 3370. The minimum Gasteiger partial charge on any atom is -0.426 e. The summed E-state index contributed by atoms with van der Waals surface area (Å²) in [5, 5.41) is 6.46. The highest BCUT2D eigenvalue weighted by atomic mass is 16.5. The van der Waals surface area contributed by atoms with E-state index in [0.717, 1.165) is 88.1 Å². The van der Waals surface area contributed by atoms with E-state index in [1.165, 1.54) is 0 Å². The number of fused-ring (bicyclic) bond motifs is 12. The van der Waals surface area contributed by atoms with Gasteiger partial charge in [-0.3, -0.25) is 9.59 Å². The van der Waals surface area contributed by atoms with Crippen LogP contribution < -0.4 is 9.47 Å². The molecule has 6 nitrogen and oxygen atoms in total. The van der Waals surface area contributed by atoms with Crippen molar-refractivity contribution in [2.75, 3.05) is 0 Å². The molecule has 2 heterocycles. The molecule has 0 saturated heterocycles. The Labute approximate surface area is 388 Å². The van der Waals surface area contributed by atoms with Crippen LogP contribution >= 0.6 is 0 Å². The molecule has 8 aromatic carbocycles. The topological polar surface area (TPSA) is 78.4 Å². The van der Waals surface area contributed by atoms with Crippen LogP contribution in [0.25, 0.3) is 65.9 Å². The van der Waals surface area contributed by atoms with E-state index < -0.39 is 22.7 Å². The van der Waals surface area contributed by atoms with Gasteiger partial charge in [0.1, 0.15) is 11.5 Å². The minimum atomic E-state index is -0.847. The molecule has 0 bridgehead atoms. The molecule has 0 spiro atoms. The monoisotopic (exact) mass is 870 g/mol. The molecule has 6 heteroatoms. The third-order valence-corrected chi connectivity index (χ3v) is 14.5. The number of hydrogen-bond donors (Lipinski definition) is 0. The summed E-state index contributed by atoms with van der Waals surface area (Å²) in [6.07, 6.45) is 1.30. The Morgan fingerprint density at radius 3 is 1.24 bits per heavy atom. The first-order valence-corrected chi connectivity index (χ1v) is 23.2. The number of nitrogens with zero attached hydrogens (tertiary/aromatic N) is 2. The van der Waals surface area contributed by atoms with Crippen LogP contribution in [0, 0.1) is 11.8 Å². The highest BCUT2D eigenvalue weighted by Gasteiger charge is 2.56. The summed E-state index contributed by atoms with van der Waals surface area (Å²) in [6.45, 7) is 3.98. The molecule has 4 unspecified atom stereocenters. The van der Waals surface area contributed by atoms with Crippen molar-refractivity contribution in [3.8, 4) is 34.0 Å². The zero-order valence-electron chi connectivity index (χ0n) is 37.3. The van der Waals surface area contributed by atoms with Gasteiger partial charge in [0, 0.05) is 32.7 Å². The second-order valence-corrected chi connectivity index (χ2v) is 18.6. The van der Waals surface area contributed by atoms with E-state index >= 15 is 0 Å². The third-order valence-electron chi connectivity index (χ3n) is 14.5. The fraction of sp³-hybridized carbons (Fsp3) is 0.148. The zero-order chi connectivity index (χ0) is 45.3. The standard InChI is InChI=1S/C61H46N2O4/c1-38(58(64)66-44-21-5-3-6-22-44)35-60(48-31-29-40-17-9-13-25-46(40)54(48)56-50(60)33-42-19-11-15-27-52(42)62-56)37-61(36-39(2)59(65)67-45-23-7-4-8-24-45)49-32-30-41-18-10-14-26-47(41)55(49)57-51(61)34-43-20-12-16-28-53(43)63-57/h3-34,38-39H,35-37H2,1-2H3. The van der Waals surface area contributed by atoms with Crippen molar-refractivity contribution in [2.24, 2.45) is 11.8 Å². The maximum atomic E-state index is 14.6. The third kappa shape index (κ3) is 6.61. The Hall–Kier alpha value is -7.96. The van der Waals surface area contributed by atoms with Crippen molar-refractivity contribution in [2.45, 2.75) is 43.9 Å². The fourth-order valence-electron chi connectivity index (χ4n) is 11.6. The summed E-state index contributed by atoms with van der Waals surface area (Å²) in [7, 11) is 0. The van der Waals surface area contributed by atoms with Crippen LogP contribution in [0.15, 0.2) is 194 Å². The molecule has 67 heavy (non-hydrogen) atoms. The van der Waals surface area contributed by atoms with Crippen LogP contribution in [0.5, 0.6) is 11.5 Å². The largest absolute Gasteiger partial charge is 0.426 e. The Morgan fingerprint density at radius 1 is 0.433 bits per heavy atom. The van der Waals surface area contributed by atoms with Crippen LogP contribution in [-0.4, -0.2) is 21.9 Å². The number of rotatable bonds is 10. The highest BCUT2D eigenvalue weighted by Crippen LogP contribution is 2.64. The van der Waals surface area contributed by atoms with E-state index in [1.54, 1.807) is 0 Å². The summed E-state index contributed by atoms with van der Waals surface area (Å²) in [4.78, 5) is 40.4. The van der Waals surface area contributed by atoms with Crippen LogP contribution in [0.4, 0.5) is 0 Å². The first-order chi connectivity index (χ1) is 32.8. The number of para-hydroxylation sites is 4. The van der Waals surface area contributed by atoms with E-state index in [0.29, 0.717) is 30.8 Å². The molecule has 2 aromatic heterocycles. The first-order valence-electron chi connectivity index (χ1n) is 23.2. The molecule has 0 radical (unpaired) electrons. The Kier molecular flexibility index (Phi) is 9.61. The molecule has 324 valence electrons. The molecule has 0 amide bonds. The van der Waals surface area contributed by atoms with Gasteiger partial charge in [-0.15, -0.1) is 0 Å². The summed E-state index contributed by atoms with van der Waals surface area (Å²) in [5.41, 5.74) is 8.39. The number of aromatic nitrogens is 2. The summed E-state index contributed by atoms with van der Waals surface area (Å²) >= 11 is 0. The molecular formula is C61H46N2O4. The maximum Gasteiger partial charge on any atom is 0.314 e. The van der Waals surface area contributed by atoms with E-state index in [4.69, 9.17) is 19.4 Å². The molecule has 2 aliphatic carbocycles. The number of benzene rings is 8. The molecule has 12 rings (SSSR count). The smallest absolute Gasteiger partial charge is 0.314 e. The van der Waals surface area contributed by atoms with Gasteiger partial charge in [-0.2, -0.15) is 0 Å². The number of ether oxygens (including phenoxy) is 2. The molecule has 0 saturated carbocycles. The van der Waals surface area contributed by atoms with Crippen molar-refractivity contribution in [3.05, 3.63) is 216 Å². The summed E-state index contributed by atoms with van der Waals surface area (Å²) < 4.78 is 12.4. The number of carbonyl (C=O) groups is 2. The first kappa shape index (κ1) is 40.5. The lowest BCUT2D eigenvalue weighted by molar-refractivity contribution is -0.139. The van der Waals surface area contributed by atoms with Gasteiger partial charge in [0.15, 0.2) is 0 Å². The number of carbonyl (C=O) groups excluding carboxylic acids is 2. The second-order valence-electron chi connectivity index (χ2n) is 18.6. The normalized spacial score (nSPS) is 17.7. The molecule has 0 aliphatic heterocycles. The van der Waals surface area contributed by atoms with Crippen molar-refractivity contribution in [1.29, 1.82) is 0 Å². The highest BCUT2D eigenvalue weighted by molar-refractivity contribution is 6.05. The van der Waals surface area contributed by atoms with Gasteiger partial charge >= 0.3 is 11.9 Å². The van der Waals surface area contributed by atoms with E-state index in [2.05, 4.69) is 121 Å². The predicted octanol–water partition coefficient (Wildman–Crippen LogP) is 14.0. The molecule has 10 aromatic rings. The van der Waals surface area contributed by atoms with E-state index in [1.807, 2.05) is 86.6 Å². The quantitative estimate of drug-likeness (QED) is 0.101. The lowest BCUT2D eigenvalue weighted by atomic mass is 9.58. The Balaban J connectivity index is 1.16. The fourth-order valence-corrected chi connectivity index (χ4v) is 11.6. The SMILES string of the molecule is CC(CC1(CC2(CC(C)C(=O)Oc3ccccc3)c3cc4ccccc4nc3-c3c2ccc2ccccc32)c2cc3ccccc3nc2-c2c1ccc1ccccc21)C(=O)Oc1ccccc1. The van der Waals surface area contributed by atoms with Crippen molar-refractivity contribution in [3.63, 3.8) is 0 Å².